The summed E-state index contributed by atoms with van der Waals surface area (Å²) in [7, 11) is 0. The Morgan fingerprint density at radius 2 is 0.729 bits per heavy atom. The first-order valence-corrected chi connectivity index (χ1v) is 23.2. The normalized spacial score (nSPS) is 13.6. The molecule has 15 rings (SSSR count). The van der Waals surface area contributed by atoms with E-state index in [9.17, 15) is 5.48 Å². The van der Waals surface area contributed by atoms with Gasteiger partial charge in [-0.2, -0.15) is 0 Å². The van der Waals surface area contributed by atoms with Crippen LogP contribution in [0.5, 0.6) is 0 Å². The monoisotopic (exact) mass is 900 g/mol. The molecular weight excluding hydrogens is 853 g/mol. The summed E-state index contributed by atoms with van der Waals surface area (Å²) in [6.07, 6.45) is 0. The highest BCUT2D eigenvalue weighted by Gasteiger charge is 2.26. The van der Waals surface area contributed by atoms with E-state index in [1.54, 1.807) is 15.2 Å². The minimum absolute atomic E-state index is 0.185. The zero-order valence-electron chi connectivity index (χ0n) is 45.2. The lowest BCUT2D eigenvalue weighted by molar-refractivity contribution is 0.991. The van der Waals surface area contributed by atoms with E-state index in [0.29, 0.717) is 38.1 Å². The van der Waals surface area contributed by atoms with Gasteiger partial charge in [0.25, 0.3) is 0 Å². The van der Waals surface area contributed by atoms with Crippen molar-refractivity contribution in [1.82, 2.24) is 28.2 Å². The third-order valence-corrected chi connectivity index (χ3v) is 13.9. The molecule has 5 heterocycles. The first-order valence-electron chi connectivity index (χ1n) is 27.2. The maximum absolute atomic E-state index is 9.56. The Morgan fingerprint density at radius 3 is 1.29 bits per heavy atom. The second kappa shape index (κ2) is 15.0. The summed E-state index contributed by atoms with van der Waals surface area (Å²) in [5.41, 5.74) is 9.50. The number of aromatic nitrogens is 6. The Balaban J connectivity index is 1.17. The molecule has 0 fully saturated rings. The SMILES string of the molecule is [2H]c1c([2H])c([2H])c2c(c1[2H])c1ccccc1n2-c1cc(-n2c3ccccc3c3c([2H])c([2H])c([2H])c([2H])c32)nc(-c2c(-c3cccc4c5ccccc5n(-c5ccccc5)c34)cccc2-n2c3ccccc3c3ccccc32)n1. The molecule has 10 aromatic carbocycles. The molecule has 0 aliphatic heterocycles. The number of hydrogen-bond acceptors (Lipinski definition) is 2. The zero-order chi connectivity index (χ0) is 52.8. The molecule has 0 amide bonds. The van der Waals surface area contributed by atoms with Crippen molar-refractivity contribution in [3.63, 3.8) is 0 Å². The molecule has 6 nitrogen and oxygen atoms in total. The molecule has 6 heteroatoms. The molecule has 0 N–H and O–H groups in total. The summed E-state index contributed by atoms with van der Waals surface area (Å²) in [6, 6.07) is 62.2. The molecule has 15 aromatic rings. The number of nitrogens with zero attached hydrogens (tertiary/aromatic N) is 6. The summed E-state index contributed by atoms with van der Waals surface area (Å²) in [5.74, 6) is 0.767. The molecule has 0 aliphatic rings. The lowest BCUT2D eigenvalue weighted by atomic mass is 9.95. The van der Waals surface area contributed by atoms with E-state index >= 15 is 0 Å². The highest BCUT2D eigenvalue weighted by molar-refractivity contribution is 6.16. The van der Waals surface area contributed by atoms with Gasteiger partial charge in [-0.25, -0.2) is 9.97 Å². The first kappa shape index (κ1) is 31.5. The number of benzene rings is 10. The van der Waals surface area contributed by atoms with Crippen LogP contribution in [-0.4, -0.2) is 28.2 Å². The van der Waals surface area contributed by atoms with Crippen LogP contribution in [0.2, 0.25) is 0 Å². The van der Waals surface area contributed by atoms with Gasteiger partial charge in [-0.15, -0.1) is 0 Å². The van der Waals surface area contributed by atoms with Crippen LogP contribution in [0.25, 0.3) is 133 Å². The van der Waals surface area contributed by atoms with Crippen LogP contribution in [0.3, 0.4) is 0 Å². The van der Waals surface area contributed by atoms with Crippen molar-refractivity contribution in [2.75, 3.05) is 0 Å². The van der Waals surface area contributed by atoms with Gasteiger partial charge in [0.1, 0.15) is 11.6 Å². The van der Waals surface area contributed by atoms with Crippen molar-refractivity contribution in [3.8, 4) is 45.5 Å². The Hall–Kier alpha value is -9.52. The van der Waals surface area contributed by atoms with Gasteiger partial charge < -0.3 is 9.13 Å². The molecule has 0 saturated carbocycles. The molecule has 0 saturated heterocycles. The van der Waals surface area contributed by atoms with E-state index in [4.69, 9.17) is 15.5 Å². The fourth-order valence-electron chi connectivity index (χ4n) is 11.0. The predicted molar refractivity (Wildman–Crippen MR) is 290 cm³/mol. The van der Waals surface area contributed by atoms with E-state index < -0.39 is 12.1 Å². The third kappa shape index (κ3) is 5.50. The lowest BCUT2D eigenvalue weighted by Crippen LogP contribution is -2.08. The first-order chi connectivity index (χ1) is 38.1. The summed E-state index contributed by atoms with van der Waals surface area (Å²) >= 11 is 0. The van der Waals surface area contributed by atoms with Crippen LogP contribution in [-0.2, 0) is 0 Å². The molecule has 0 bridgehead atoms. The highest BCUT2D eigenvalue weighted by atomic mass is 15.2. The number of rotatable bonds is 6. The fourth-order valence-corrected chi connectivity index (χ4v) is 11.0. The maximum Gasteiger partial charge on any atom is 0.166 e. The van der Waals surface area contributed by atoms with Crippen molar-refractivity contribution in [2.45, 2.75) is 0 Å². The van der Waals surface area contributed by atoms with Crippen molar-refractivity contribution >= 4 is 87.2 Å². The van der Waals surface area contributed by atoms with Crippen molar-refractivity contribution in [3.05, 3.63) is 242 Å². The van der Waals surface area contributed by atoms with Gasteiger partial charge in [0.2, 0.25) is 0 Å². The molecule has 0 aliphatic carbocycles. The topological polar surface area (TPSA) is 45.5 Å². The standard InChI is InChI=1S/C64H40N6/c1-2-20-41(21-3-1)67-52-32-11-10-28-48(52)50-30-18-31-51(63(50)67)49-29-19-39-59(68-53-33-12-4-22-42(53)43-23-5-13-34-54(43)68)62(49)64-65-60(69-55-35-14-6-24-44(55)45-25-7-15-36-56(45)69)40-61(66-64)70-57-37-16-8-26-46(57)47-27-9-17-38-58(47)70/h1-40H/i6D,8D,14D,16D,24D,26D,35D,37D. The summed E-state index contributed by atoms with van der Waals surface area (Å²) in [4.78, 5) is 11.3. The minimum atomic E-state index is -0.398. The average Bonchev–Trinajstić information content (AvgIpc) is 4.41. The average molecular weight is 901 g/mol. The summed E-state index contributed by atoms with van der Waals surface area (Å²) in [5, 5.41) is 6.06. The maximum atomic E-state index is 9.56. The largest absolute Gasteiger partial charge is 0.309 e. The van der Waals surface area contributed by atoms with Crippen LogP contribution in [0.1, 0.15) is 11.0 Å². The Labute approximate surface area is 413 Å². The van der Waals surface area contributed by atoms with Crippen LogP contribution in [0.4, 0.5) is 0 Å². The van der Waals surface area contributed by atoms with Crippen LogP contribution in [0, 0.1) is 0 Å². The minimum Gasteiger partial charge on any atom is -0.309 e. The molecule has 0 atom stereocenters. The third-order valence-electron chi connectivity index (χ3n) is 13.9. The van der Waals surface area contributed by atoms with E-state index in [-0.39, 0.29) is 64.7 Å². The molecule has 5 aromatic heterocycles. The Bertz CT molecular complexity index is 4880. The quantitative estimate of drug-likeness (QED) is 0.167. The summed E-state index contributed by atoms with van der Waals surface area (Å²) in [6.45, 7) is 0. The summed E-state index contributed by atoms with van der Waals surface area (Å²) < 4.78 is 81.5. The number of fused-ring (bicyclic) bond motifs is 12. The van der Waals surface area contributed by atoms with Crippen LogP contribution >= 0.6 is 0 Å². The van der Waals surface area contributed by atoms with Crippen molar-refractivity contribution < 1.29 is 11.0 Å². The fraction of sp³-hybridized carbons (Fsp3) is 0. The molecule has 70 heavy (non-hydrogen) atoms. The van der Waals surface area contributed by atoms with Gasteiger partial charge >= 0.3 is 0 Å². The molecule has 326 valence electrons. The Morgan fingerprint density at radius 1 is 0.314 bits per heavy atom. The van der Waals surface area contributed by atoms with Gasteiger partial charge in [0, 0.05) is 60.4 Å². The van der Waals surface area contributed by atoms with E-state index in [0.717, 1.165) is 66.1 Å². The van der Waals surface area contributed by atoms with Crippen LogP contribution in [0.15, 0.2) is 242 Å². The van der Waals surface area contributed by atoms with E-state index in [1.165, 1.54) is 0 Å². The van der Waals surface area contributed by atoms with Crippen LogP contribution < -0.4 is 0 Å². The van der Waals surface area contributed by atoms with E-state index in [2.05, 4.69) is 106 Å². The van der Waals surface area contributed by atoms with Crippen molar-refractivity contribution in [1.29, 1.82) is 0 Å². The lowest BCUT2D eigenvalue weighted by Gasteiger charge is -2.20. The smallest absolute Gasteiger partial charge is 0.166 e. The zero-order valence-corrected chi connectivity index (χ0v) is 37.2. The van der Waals surface area contributed by atoms with Gasteiger partial charge in [-0.1, -0.05) is 176 Å². The molecule has 0 unspecified atom stereocenters. The number of hydrogen-bond donors (Lipinski definition) is 0. The number of para-hydroxylation sites is 9. The molecular formula is C64H40N6. The molecule has 0 radical (unpaired) electrons. The van der Waals surface area contributed by atoms with Gasteiger partial charge in [0.05, 0.1) is 66.4 Å². The van der Waals surface area contributed by atoms with Gasteiger partial charge in [-0.3, -0.25) is 9.13 Å². The van der Waals surface area contributed by atoms with Crippen molar-refractivity contribution in [2.24, 2.45) is 0 Å². The second-order valence-corrected chi connectivity index (χ2v) is 17.5. The predicted octanol–water partition coefficient (Wildman–Crippen LogP) is 16.2. The second-order valence-electron chi connectivity index (χ2n) is 17.5. The molecule has 0 spiro atoms. The highest BCUT2D eigenvalue weighted by Crippen LogP contribution is 2.45. The van der Waals surface area contributed by atoms with Gasteiger partial charge in [0.15, 0.2) is 5.82 Å². The Kier molecular flexibility index (Phi) is 6.74. The van der Waals surface area contributed by atoms with Gasteiger partial charge in [-0.05, 0) is 66.2 Å². The van der Waals surface area contributed by atoms with E-state index in [1.807, 2.05) is 91.0 Å².